The second kappa shape index (κ2) is 7.75. The summed E-state index contributed by atoms with van der Waals surface area (Å²) in [5.74, 6) is 0.886. The van der Waals surface area contributed by atoms with Gasteiger partial charge in [-0.3, -0.25) is 0 Å². The quantitative estimate of drug-likeness (QED) is 0.512. The number of pyridine rings is 1. The summed E-state index contributed by atoms with van der Waals surface area (Å²) < 4.78 is 7.74. The molecule has 0 amide bonds. The number of rotatable bonds is 4. The van der Waals surface area contributed by atoms with E-state index in [-0.39, 0.29) is 0 Å². The number of allylic oxidation sites excluding steroid dienone is 1. The molecule has 148 valence electrons. The summed E-state index contributed by atoms with van der Waals surface area (Å²) in [6, 6.07) is 17.9. The van der Waals surface area contributed by atoms with E-state index in [4.69, 9.17) is 4.74 Å². The van der Waals surface area contributed by atoms with E-state index in [1.807, 2.05) is 6.07 Å². The van der Waals surface area contributed by atoms with Crippen LogP contribution in [0.15, 0.2) is 66.5 Å². The maximum atomic E-state index is 5.41. The van der Waals surface area contributed by atoms with E-state index in [2.05, 4.69) is 104 Å². The van der Waals surface area contributed by atoms with E-state index in [1.165, 1.54) is 33.4 Å². The maximum Gasteiger partial charge on any atom is 0.213 e. The molecule has 4 rings (SSSR count). The molecule has 0 radical (unpaired) electrons. The molecule has 3 nitrogen and oxygen atoms in total. The average Bonchev–Trinajstić information content (AvgIpc) is 2.72. The third-order valence-corrected chi connectivity index (χ3v) is 5.49. The molecule has 0 unspecified atom stereocenters. The molecule has 0 fully saturated rings. The molecule has 3 heteroatoms. The van der Waals surface area contributed by atoms with Crippen LogP contribution in [0.2, 0.25) is 0 Å². The summed E-state index contributed by atoms with van der Waals surface area (Å²) in [5, 5.41) is 1.27. The molecule has 1 aliphatic heterocycles. The Labute approximate surface area is 173 Å². The Bertz CT molecular complexity index is 1110. The second-order valence-electron chi connectivity index (χ2n) is 8.08. The van der Waals surface area contributed by atoms with E-state index >= 15 is 0 Å². The zero-order valence-electron chi connectivity index (χ0n) is 17.9. The fourth-order valence-corrected chi connectivity index (χ4v) is 4.11. The van der Waals surface area contributed by atoms with Gasteiger partial charge < -0.3 is 9.64 Å². The monoisotopic (exact) mass is 385 g/mol. The molecule has 0 N–H and O–H groups in total. The third kappa shape index (κ3) is 3.53. The van der Waals surface area contributed by atoms with Gasteiger partial charge in [-0.15, -0.1) is 0 Å². The number of para-hydroxylation sites is 1. The minimum absolute atomic E-state index is 0.342. The van der Waals surface area contributed by atoms with Crippen LogP contribution in [0.3, 0.4) is 0 Å². The Morgan fingerprint density at radius 1 is 0.966 bits per heavy atom. The first-order valence-electron chi connectivity index (χ1n) is 10.3. The maximum absolute atomic E-state index is 5.41. The SMILES string of the molecule is COc1ccc2c(c1)C=CC(=Cc1cc[n+](C(C)C)c3ccccc13)N2C(C)C. The van der Waals surface area contributed by atoms with Crippen molar-refractivity contribution < 1.29 is 9.30 Å². The van der Waals surface area contributed by atoms with Crippen molar-refractivity contribution in [1.29, 1.82) is 0 Å². The van der Waals surface area contributed by atoms with Crippen LogP contribution in [-0.4, -0.2) is 13.2 Å². The minimum Gasteiger partial charge on any atom is -0.497 e. The van der Waals surface area contributed by atoms with Gasteiger partial charge in [0, 0.05) is 35.1 Å². The predicted molar refractivity (Wildman–Crippen MR) is 122 cm³/mol. The van der Waals surface area contributed by atoms with Gasteiger partial charge in [-0.1, -0.05) is 18.2 Å². The number of methoxy groups -OCH3 is 1. The molecule has 29 heavy (non-hydrogen) atoms. The van der Waals surface area contributed by atoms with Crippen molar-refractivity contribution in [3.63, 3.8) is 0 Å². The molecule has 1 aliphatic rings. The van der Waals surface area contributed by atoms with Gasteiger partial charge >= 0.3 is 0 Å². The van der Waals surface area contributed by atoms with Gasteiger partial charge in [0.1, 0.15) is 5.75 Å². The number of fused-ring (bicyclic) bond motifs is 2. The van der Waals surface area contributed by atoms with Crippen molar-refractivity contribution in [3.05, 3.63) is 77.6 Å². The first-order chi connectivity index (χ1) is 14.0. The number of benzene rings is 2. The highest BCUT2D eigenvalue weighted by molar-refractivity contribution is 5.89. The summed E-state index contributed by atoms with van der Waals surface area (Å²) in [5.41, 5.74) is 6.10. The van der Waals surface area contributed by atoms with Crippen LogP contribution >= 0.6 is 0 Å². The molecule has 0 aliphatic carbocycles. The number of anilines is 1. The van der Waals surface area contributed by atoms with Gasteiger partial charge in [0.2, 0.25) is 5.52 Å². The number of ether oxygens (including phenoxy) is 1. The summed E-state index contributed by atoms with van der Waals surface area (Å²) in [7, 11) is 1.71. The van der Waals surface area contributed by atoms with Crippen LogP contribution in [0.5, 0.6) is 5.75 Å². The Balaban J connectivity index is 1.86. The molecule has 2 aromatic carbocycles. The van der Waals surface area contributed by atoms with Gasteiger partial charge in [0.15, 0.2) is 12.2 Å². The largest absolute Gasteiger partial charge is 0.497 e. The van der Waals surface area contributed by atoms with Crippen LogP contribution < -0.4 is 14.2 Å². The molecular formula is C26H29N2O+. The zero-order chi connectivity index (χ0) is 20.5. The Kier molecular flexibility index (Phi) is 5.14. The fraction of sp³-hybridized carbons (Fsp3) is 0.269. The van der Waals surface area contributed by atoms with Gasteiger partial charge in [-0.25, -0.2) is 0 Å². The number of hydrogen-bond donors (Lipinski definition) is 0. The molecule has 0 saturated heterocycles. The molecule has 0 atom stereocenters. The van der Waals surface area contributed by atoms with Gasteiger partial charge in [-0.05, 0) is 69.7 Å². The lowest BCUT2D eigenvalue weighted by Crippen LogP contribution is -2.36. The van der Waals surface area contributed by atoms with Crippen LogP contribution in [0.1, 0.15) is 44.9 Å². The Morgan fingerprint density at radius 2 is 1.76 bits per heavy atom. The van der Waals surface area contributed by atoms with Crippen molar-refractivity contribution in [2.75, 3.05) is 12.0 Å². The van der Waals surface area contributed by atoms with Crippen molar-refractivity contribution in [3.8, 4) is 5.75 Å². The Morgan fingerprint density at radius 3 is 2.48 bits per heavy atom. The van der Waals surface area contributed by atoms with Crippen LogP contribution in [0.4, 0.5) is 5.69 Å². The van der Waals surface area contributed by atoms with Gasteiger partial charge in [0.25, 0.3) is 0 Å². The van der Waals surface area contributed by atoms with Crippen LogP contribution in [0, 0.1) is 0 Å². The summed E-state index contributed by atoms with van der Waals surface area (Å²) in [6.07, 6.45) is 8.89. The van der Waals surface area contributed by atoms with Crippen molar-refractivity contribution in [2.24, 2.45) is 0 Å². The lowest BCUT2D eigenvalue weighted by molar-refractivity contribution is -0.691. The van der Waals surface area contributed by atoms with Crippen molar-refractivity contribution >= 4 is 28.7 Å². The molecule has 0 bridgehead atoms. The van der Waals surface area contributed by atoms with Crippen molar-refractivity contribution in [1.82, 2.24) is 0 Å². The standard InChI is InChI=1S/C26H29N2O/c1-18(2)27-15-14-20(24-8-6-7-9-26(24)27)16-22-11-10-21-17-23(29-5)12-13-25(21)28(22)19(3)4/h6-19H,1-5H3/q+1. The van der Waals surface area contributed by atoms with E-state index in [0.29, 0.717) is 12.1 Å². The van der Waals surface area contributed by atoms with Gasteiger partial charge in [0.05, 0.1) is 12.5 Å². The Hall–Kier alpha value is -3.07. The van der Waals surface area contributed by atoms with Gasteiger partial charge in [-0.2, -0.15) is 4.57 Å². The first kappa shape index (κ1) is 19.3. The highest BCUT2D eigenvalue weighted by atomic mass is 16.5. The predicted octanol–water partition coefficient (Wildman–Crippen LogP) is 6.00. The molecule has 2 heterocycles. The van der Waals surface area contributed by atoms with E-state index in [0.717, 1.165) is 5.75 Å². The number of hydrogen-bond acceptors (Lipinski definition) is 2. The highest BCUT2D eigenvalue weighted by Gasteiger charge is 2.22. The van der Waals surface area contributed by atoms with Crippen molar-refractivity contribution in [2.45, 2.75) is 39.8 Å². The lowest BCUT2D eigenvalue weighted by Gasteiger charge is -2.34. The topological polar surface area (TPSA) is 16.4 Å². The lowest BCUT2D eigenvalue weighted by atomic mass is 10.0. The normalized spacial score (nSPS) is 14.9. The smallest absolute Gasteiger partial charge is 0.213 e. The first-order valence-corrected chi connectivity index (χ1v) is 10.3. The van der Waals surface area contributed by atoms with E-state index in [1.54, 1.807) is 7.11 Å². The molecular weight excluding hydrogens is 356 g/mol. The molecule has 0 spiro atoms. The molecule has 3 aromatic rings. The average molecular weight is 386 g/mol. The number of nitrogens with zero attached hydrogens (tertiary/aromatic N) is 2. The van der Waals surface area contributed by atoms with E-state index < -0.39 is 0 Å². The number of aromatic nitrogens is 1. The second-order valence-corrected chi connectivity index (χ2v) is 8.08. The molecule has 1 aromatic heterocycles. The molecule has 0 saturated carbocycles. The highest BCUT2D eigenvalue weighted by Crippen LogP contribution is 2.36. The fourth-order valence-electron chi connectivity index (χ4n) is 4.11. The van der Waals surface area contributed by atoms with E-state index in [9.17, 15) is 0 Å². The minimum atomic E-state index is 0.342. The van der Waals surface area contributed by atoms with Crippen LogP contribution in [0.25, 0.3) is 23.1 Å². The summed E-state index contributed by atoms with van der Waals surface area (Å²) in [4.78, 5) is 2.40. The summed E-state index contributed by atoms with van der Waals surface area (Å²) >= 11 is 0. The zero-order valence-corrected chi connectivity index (χ0v) is 17.9. The third-order valence-electron chi connectivity index (χ3n) is 5.49. The summed E-state index contributed by atoms with van der Waals surface area (Å²) in [6.45, 7) is 8.91. The van der Waals surface area contributed by atoms with Crippen LogP contribution in [-0.2, 0) is 0 Å².